The Bertz CT molecular complexity index is 953. The van der Waals surface area contributed by atoms with Crippen LogP contribution in [-0.2, 0) is 12.8 Å². The van der Waals surface area contributed by atoms with Gasteiger partial charge in [-0.2, -0.15) is 15.0 Å². The first-order valence-electron chi connectivity index (χ1n) is 10.1. The monoisotopic (exact) mass is 424 g/mol. The van der Waals surface area contributed by atoms with Gasteiger partial charge in [0.2, 0.25) is 17.8 Å². The highest BCUT2D eigenvalue weighted by Crippen LogP contribution is 2.25. The maximum atomic E-state index is 4.74. The number of rotatable bonds is 5. The van der Waals surface area contributed by atoms with Crippen LogP contribution in [0.5, 0.6) is 0 Å². The lowest BCUT2D eigenvalue weighted by Gasteiger charge is -2.28. The first-order chi connectivity index (χ1) is 14.3. The molecule has 0 radical (unpaired) electrons. The Hall–Kier alpha value is -2.97. The highest BCUT2D eigenvalue weighted by atomic mass is 35.5. The molecule has 1 saturated heterocycles. The largest absolute Gasteiger partial charge is 0.351 e. The van der Waals surface area contributed by atoms with E-state index in [-0.39, 0.29) is 12.4 Å². The number of anilines is 4. The molecule has 0 saturated carbocycles. The molecule has 1 fully saturated rings. The molecule has 2 aliphatic rings. The zero-order valence-electron chi connectivity index (χ0n) is 16.6. The van der Waals surface area contributed by atoms with E-state index >= 15 is 0 Å². The molecular formula is C21H25ClN8. The lowest BCUT2D eigenvalue weighted by Crippen LogP contribution is -2.44. The second-order valence-corrected chi connectivity index (χ2v) is 7.40. The minimum Gasteiger partial charge on any atom is -0.351 e. The lowest BCUT2D eigenvalue weighted by molar-refractivity contribution is 0.579. The fourth-order valence-electron chi connectivity index (χ4n) is 3.90. The maximum Gasteiger partial charge on any atom is 0.233 e. The van der Waals surface area contributed by atoms with Crippen LogP contribution in [0.25, 0.3) is 0 Å². The summed E-state index contributed by atoms with van der Waals surface area (Å²) in [7, 11) is 0. The number of nitrogens with zero attached hydrogens (tertiary/aromatic N) is 5. The van der Waals surface area contributed by atoms with Gasteiger partial charge in [0.25, 0.3) is 0 Å². The van der Waals surface area contributed by atoms with E-state index in [1.54, 1.807) is 12.4 Å². The Labute approximate surface area is 182 Å². The number of nitrogens with one attached hydrogen (secondary N) is 3. The van der Waals surface area contributed by atoms with E-state index in [4.69, 9.17) is 4.98 Å². The second-order valence-electron chi connectivity index (χ2n) is 7.40. The van der Waals surface area contributed by atoms with Crippen molar-refractivity contribution in [2.24, 2.45) is 0 Å². The molecular weight excluding hydrogens is 400 g/mol. The molecule has 0 amide bonds. The minimum absolute atomic E-state index is 0. The number of aromatic nitrogens is 4. The summed E-state index contributed by atoms with van der Waals surface area (Å²) in [6, 6.07) is 12.7. The summed E-state index contributed by atoms with van der Waals surface area (Å²) < 4.78 is 0. The maximum absolute atomic E-state index is 4.74. The van der Waals surface area contributed by atoms with E-state index in [9.17, 15) is 0 Å². The molecule has 8 nitrogen and oxygen atoms in total. The zero-order valence-corrected chi connectivity index (χ0v) is 17.4. The molecule has 9 heteroatoms. The Morgan fingerprint density at radius 2 is 1.53 bits per heavy atom. The van der Waals surface area contributed by atoms with Crippen LogP contribution in [-0.4, -0.2) is 52.2 Å². The van der Waals surface area contributed by atoms with E-state index in [2.05, 4.69) is 60.1 Å². The van der Waals surface area contributed by atoms with Crippen molar-refractivity contribution in [2.75, 3.05) is 41.7 Å². The van der Waals surface area contributed by atoms with Crippen molar-refractivity contribution >= 4 is 35.9 Å². The molecule has 1 aromatic carbocycles. The van der Waals surface area contributed by atoms with Crippen LogP contribution >= 0.6 is 12.4 Å². The van der Waals surface area contributed by atoms with E-state index in [0.29, 0.717) is 23.9 Å². The highest BCUT2D eigenvalue weighted by molar-refractivity contribution is 5.85. The van der Waals surface area contributed by atoms with Crippen LogP contribution < -0.4 is 20.9 Å². The predicted octanol–water partition coefficient (Wildman–Crippen LogP) is 2.42. The summed E-state index contributed by atoms with van der Waals surface area (Å²) in [4.78, 5) is 20.3. The Balaban J connectivity index is 0.00000218. The van der Waals surface area contributed by atoms with Crippen molar-refractivity contribution in [2.45, 2.75) is 18.9 Å². The van der Waals surface area contributed by atoms with Crippen LogP contribution in [0.2, 0.25) is 0 Å². The summed E-state index contributed by atoms with van der Waals surface area (Å²) in [6.07, 6.45) is 5.46. The first kappa shape index (κ1) is 20.3. The van der Waals surface area contributed by atoms with E-state index in [0.717, 1.165) is 44.7 Å². The third kappa shape index (κ3) is 4.60. The lowest BCUT2D eigenvalue weighted by atomic mass is 10.1. The van der Waals surface area contributed by atoms with Gasteiger partial charge in [0.15, 0.2) is 0 Å². The molecule has 30 heavy (non-hydrogen) atoms. The molecule has 5 rings (SSSR count). The average Bonchev–Trinajstić information content (AvgIpc) is 3.17. The fourth-order valence-corrected chi connectivity index (χ4v) is 3.90. The molecule has 0 spiro atoms. The van der Waals surface area contributed by atoms with Gasteiger partial charge in [0.05, 0.1) is 0 Å². The average molecular weight is 425 g/mol. The number of hydrogen-bond donors (Lipinski definition) is 3. The van der Waals surface area contributed by atoms with Crippen LogP contribution in [0.3, 0.4) is 0 Å². The highest BCUT2D eigenvalue weighted by Gasteiger charge is 2.23. The third-order valence-electron chi connectivity index (χ3n) is 5.34. The smallest absolute Gasteiger partial charge is 0.233 e. The van der Waals surface area contributed by atoms with Crippen LogP contribution in [0.4, 0.5) is 23.5 Å². The number of benzene rings is 1. The number of hydrogen-bond acceptors (Lipinski definition) is 8. The normalized spacial score (nSPS) is 15.9. The van der Waals surface area contributed by atoms with Gasteiger partial charge in [-0.3, -0.25) is 4.98 Å². The molecule has 3 heterocycles. The molecule has 156 valence electrons. The predicted molar refractivity (Wildman–Crippen MR) is 121 cm³/mol. The van der Waals surface area contributed by atoms with Gasteiger partial charge in [-0.05, 0) is 36.1 Å². The van der Waals surface area contributed by atoms with Gasteiger partial charge >= 0.3 is 0 Å². The van der Waals surface area contributed by atoms with Crippen molar-refractivity contribution in [3.05, 3.63) is 59.9 Å². The van der Waals surface area contributed by atoms with Crippen molar-refractivity contribution in [3.8, 4) is 0 Å². The molecule has 3 aromatic rings. The summed E-state index contributed by atoms with van der Waals surface area (Å²) in [5.41, 5.74) is 3.70. The summed E-state index contributed by atoms with van der Waals surface area (Å²) in [5, 5.41) is 10.2. The second kappa shape index (κ2) is 9.23. The third-order valence-corrected chi connectivity index (χ3v) is 5.34. The van der Waals surface area contributed by atoms with Gasteiger partial charge in [0, 0.05) is 50.3 Å². The summed E-state index contributed by atoms with van der Waals surface area (Å²) in [6.45, 7) is 3.62. The SMILES string of the molecule is Cl.c1ccc2c(c1)CC(Nc1nc(Nc3ccncc3)nc(N3CCNCC3)n1)C2. The van der Waals surface area contributed by atoms with E-state index in [1.165, 1.54) is 11.1 Å². The molecule has 0 atom stereocenters. The molecule has 1 aliphatic heterocycles. The van der Waals surface area contributed by atoms with E-state index < -0.39 is 0 Å². The standard InChI is InChI=1S/C21H24N8.ClH/c1-2-4-16-14-18(13-15(16)3-1)25-20-26-19(24-17-5-7-22-8-6-17)27-21(28-20)29-11-9-23-10-12-29;/h1-8,18,23H,9-14H2,(H2,22,24,25,26,27,28);1H. The topological polar surface area (TPSA) is 90.9 Å². The van der Waals surface area contributed by atoms with Gasteiger partial charge in [-0.15, -0.1) is 12.4 Å². The van der Waals surface area contributed by atoms with Gasteiger partial charge < -0.3 is 20.9 Å². The van der Waals surface area contributed by atoms with Gasteiger partial charge in [0.1, 0.15) is 0 Å². The van der Waals surface area contributed by atoms with Gasteiger partial charge in [-0.1, -0.05) is 24.3 Å². The fraction of sp³-hybridized carbons (Fsp3) is 0.333. The Kier molecular flexibility index (Phi) is 6.25. The van der Waals surface area contributed by atoms with Crippen LogP contribution in [0.1, 0.15) is 11.1 Å². The van der Waals surface area contributed by atoms with Crippen LogP contribution in [0.15, 0.2) is 48.8 Å². The quantitative estimate of drug-likeness (QED) is 0.575. The molecule has 0 bridgehead atoms. The molecule has 0 unspecified atom stereocenters. The number of pyridine rings is 1. The minimum atomic E-state index is 0. The molecule has 2 aromatic heterocycles. The van der Waals surface area contributed by atoms with Crippen molar-refractivity contribution in [1.29, 1.82) is 0 Å². The number of fused-ring (bicyclic) bond motifs is 1. The molecule has 1 aliphatic carbocycles. The Morgan fingerprint density at radius 1 is 0.867 bits per heavy atom. The van der Waals surface area contributed by atoms with E-state index in [1.807, 2.05) is 12.1 Å². The number of piperazine rings is 1. The first-order valence-corrected chi connectivity index (χ1v) is 10.1. The van der Waals surface area contributed by atoms with Crippen molar-refractivity contribution in [3.63, 3.8) is 0 Å². The zero-order chi connectivity index (χ0) is 19.5. The van der Waals surface area contributed by atoms with Gasteiger partial charge in [-0.25, -0.2) is 0 Å². The Morgan fingerprint density at radius 3 is 2.23 bits per heavy atom. The molecule has 3 N–H and O–H groups in total. The summed E-state index contributed by atoms with van der Waals surface area (Å²) in [5.74, 6) is 1.86. The summed E-state index contributed by atoms with van der Waals surface area (Å²) >= 11 is 0. The van der Waals surface area contributed by atoms with Crippen molar-refractivity contribution in [1.82, 2.24) is 25.3 Å². The van der Waals surface area contributed by atoms with Crippen molar-refractivity contribution < 1.29 is 0 Å². The van der Waals surface area contributed by atoms with Crippen LogP contribution in [0, 0.1) is 0 Å². The number of halogens is 1.